The molecule has 0 aromatic rings. The first-order valence-electron chi connectivity index (χ1n) is 4.28. The van der Waals surface area contributed by atoms with Gasteiger partial charge in [0, 0.05) is 18.3 Å². The Morgan fingerprint density at radius 1 is 1.43 bits per heavy atom. The van der Waals surface area contributed by atoms with Gasteiger partial charge in [0.1, 0.15) is 6.34 Å². The van der Waals surface area contributed by atoms with Gasteiger partial charge in [0.05, 0.1) is 0 Å². The molecule has 0 radical (unpaired) electrons. The van der Waals surface area contributed by atoms with E-state index in [1.807, 2.05) is 0 Å². The van der Waals surface area contributed by atoms with Gasteiger partial charge in [-0.2, -0.15) is 5.10 Å². The van der Waals surface area contributed by atoms with Crippen LogP contribution in [0.5, 0.6) is 0 Å². The number of alkyl halides is 3. The number of hydrogen-bond acceptors (Lipinski definition) is 3. The van der Waals surface area contributed by atoms with Crippen molar-refractivity contribution in [3.63, 3.8) is 0 Å². The number of nitrogens with zero attached hydrogens (tertiary/aromatic N) is 3. The maximum absolute atomic E-state index is 5.83. The molecular weight excluding hydrogens is 268 g/mol. The van der Waals surface area contributed by atoms with E-state index in [0.29, 0.717) is 0 Å². The zero-order valence-corrected chi connectivity index (χ0v) is 10.7. The minimum Gasteiger partial charge on any atom is -0.267 e. The maximum Gasteiger partial charge on any atom is 0.231 e. The first-order valence-corrected chi connectivity index (χ1v) is 5.75. The molecule has 0 fully saturated rings. The molecule has 3 nitrogen and oxygen atoms in total. The fourth-order valence-corrected chi connectivity index (χ4v) is 2.27. The average Bonchev–Trinajstić information content (AvgIpc) is 2.42. The summed E-state index contributed by atoms with van der Waals surface area (Å²) >= 11 is 23.2. The van der Waals surface area contributed by atoms with Crippen LogP contribution < -0.4 is 0 Å². The van der Waals surface area contributed by atoms with Crippen LogP contribution in [-0.4, -0.2) is 32.3 Å². The summed E-state index contributed by atoms with van der Waals surface area (Å²) in [4.78, 5) is 0. The Balaban J connectivity index is 2.62. The second-order valence-electron chi connectivity index (χ2n) is 3.01. The van der Waals surface area contributed by atoms with Crippen molar-refractivity contribution < 1.29 is 0 Å². The van der Waals surface area contributed by atoms with Crippen LogP contribution in [0, 0.1) is 0 Å². The lowest BCUT2D eigenvalue weighted by Crippen LogP contribution is -2.45. The summed E-state index contributed by atoms with van der Waals surface area (Å²) in [5, 5.41) is 5.74. The van der Waals surface area contributed by atoms with E-state index in [2.05, 4.69) is 12.0 Å². The third kappa shape index (κ3) is 2.96. The minimum atomic E-state index is -1.47. The van der Waals surface area contributed by atoms with Crippen molar-refractivity contribution in [1.82, 2.24) is 9.43 Å². The van der Waals surface area contributed by atoms with Crippen molar-refractivity contribution >= 4 is 52.9 Å². The average molecular weight is 279 g/mol. The molecule has 1 unspecified atom stereocenters. The van der Waals surface area contributed by atoms with Crippen molar-refractivity contribution in [2.45, 2.75) is 29.7 Å². The number of rotatable bonds is 3. The predicted molar refractivity (Wildman–Crippen MR) is 61.9 cm³/mol. The molecule has 0 saturated carbocycles. The molecule has 1 aliphatic rings. The van der Waals surface area contributed by atoms with Gasteiger partial charge < -0.3 is 0 Å². The molecule has 14 heavy (non-hydrogen) atoms. The first-order chi connectivity index (χ1) is 6.46. The summed E-state index contributed by atoms with van der Waals surface area (Å²) in [7, 11) is 0. The number of unbranched alkanes of at least 4 members (excludes halogenated alkanes) is 1. The molecule has 0 saturated heterocycles. The van der Waals surface area contributed by atoms with Crippen LogP contribution in [0.2, 0.25) is 0 Å². The maximum atomic E-state index is 5.83. The number of hydrazone groups is 1. The molecule has 0 bridgehead atoms. The van der Waals surface area contributed by atoms with Gasteiger partial charge in [0.2, 0.25) is 3.79 Å². The molecule has 1 atom stereocenters. The van der Waals surface area contributed by atoms with E-state index in [0.717, 1.165) is 19.4 Å². The molecule has 0 amide bonds. The standard InChI is InChI=1S/C7H11Cl4N3/c1-2-3-4-14-6(7(8,9)10)13(11)5-12-14/h5-6H,2-4H2,1H3. The highest BCUT2D eigenvalue weighted by molar-refractivity contribution is 6.68. The summed E-state index contributed by atoms with van der Waals surface area (Å²) in [6, 6.07) is 0. The van der Waals surface area contributed by atoms with E-state index in [1.165, 1.54) is 10.8 Å². The Kier molecular flexibility index (Phi) is 4.44. The minimum absolute atomic E-state index is 0.527. The quantitative estimate of drug-likeness (QED) is 0.583. The second kappa shape index (κ2) is 4.97. The largest absolute Gasteiger partial charge is 0.267 e. The fourth-order valence-electron chi connectivity index (χ4n) is 1.18. The van der Waals surface area contributed by atoms with Crippen molar-refractivity contribution in [3.8, 4) is 0 Å². The summed E-state index contributed by atoms with van der Waals surface area (Å²) in [6.45, 7) is 2.82. The molecular formula is C7H11Cl4N3. The van der Waals surface area contributed by atoms with Gasteiger partial charge in [-0.25, -0.2) is 4.42 Å². The van der Waals surface area contributed by atoms with Gasteiger partial charge in [0.15, 0.2) is 6.17 Å². The fraction of sp³-hybridized carbons (Fsp3) is 0.857. The summed E-state index contributed by atoms with van der Waals surface area (Å²) in [6.07, 6.45) is 2.96. The number of halogens is 4. The molecule has 1 aliphatic heterocycles. The second-order valence-corrected chi connectivity index (χ2v) is 5.77. The van der Waals surface area contributed by atoms with Crippen LogP contribution in [0.1, 0.15) is 19.8 Å². The zero-order chi connectivity index (χ0) is 10.8. The van der Waals surface area contributed by atoms with Crippen LogP contribution in [-0.2, 0) is 0 Å². The first kappa shape index (κ1) is 12.5. The van der Waals surface area contributed by atoms with Crippen LogP contribution in [0.3, 0.4) is 0 Å². The van der Waals surface area contributed by atoms with E-state index >= 15 is 0 Å². The molecule has 1 rings (SSSR count). The highest BCUT2D eigenvalue weighted by atomic mass is 35.6. The van der Waals surface area contributed by atoms with Crippen LogP contribution in [0.15, 0.2) is 5.10 Å². The topological polar surface area (TPSA) is 18.8 Å². The smallest absolute Gasteiger partial charge is 0.231 e. The Morgan fingerprint density at radius 3 is 2.57 bits per heavy atom. The molecule has 0 aliphatic carbocycles. The van der Waals surface area contributed by atoms with Gasteiger partial charge in [0.25, 0.3) is 0 Å². The van der Waals surface area contributed by atoms with Crippen molar-refractivity contribution in [3.05, 3.63) is 0 Å². The Labute approximate surface area is 104 Å². The van der Waals surface area contributed by atoms with Crippen molar-refractivity contribution in [2.75, 3.05) is 6.54 Å². The van der Waals surface area contributed by atoms with Gasteiger partial charge >= 0.3 is 0 Å². The van der Waals surface area contributed by atoms with Gasteiger partial charge in [-0.15, -0.1) is 0 Å². The lowest BCUT2D eigenvalue weighted by molar-refractivity contribution is 0.176. The SMILES string of the molecule is CCCCN1N=CN(Cl)C1C(Cl)(Cl)Cl. The predicted octanol–water partition coefficient (Wildman–Crippen LogP) is 3.20. The molecule has 0 spiro atoms. The Morgan fingerprint density at radius 2 is 2.07 bits per heavy atom. The Hall–Kier alpha value is 0.430. The monoisotopic (exact) mass is 277 g/mol. The van der Waals surface area contributed by atoms with Gasteiger partial charge in [-0.3, -0.25) is 5.01 Å². The highest BCUT2D eigenvalue weighted by Crippen LogP contribution is 2.37. The van der Waals surface area contributed by atoms with Crippen LogP contribution >= 0.6 is 46.6 Å². The normalized spacial score (nSPS) is 22.2. The van der Waals surface area contributed by atoms with E-state index in [1.54, 1.807) is 5.01 Å². The molecule has 82 valence electrons. The van der Waals surface area contributed by atoms with Crippen molar-refractivity contribution in [2.24, 2.45) is 5.10 Å². The van der Waals surface area contributed by atoms with Crippen molar-refractivity contribution in [1.29, 1.82) is 0 Å². The van der Waals surface area contributed by atoms with Gasteiger partial charge in [-0.05, 0) is 6.42 Å². The lowest BCUT2D eigenvalue weighted by Gasteiger charge is -2.31. The molecule has 1 heterocycles. The van der Waals surface area contributed by atoms with E-state index in [9.17, 15) is 0 Å². The summed E-state index contributed by atoms with van der Waals surface area (Å²) < 4.78 is -0.186. The van der Waals surface area contributed by atoms with E-state index in [-0.39, 0.29) is 0 Å². The molecule has 7 heteroatoms. The van der Waals surface area contributed by atoms with Crippen LogP contribution in [0.4, 0.5) is 0 Å². The third-order valence-corrected chi connectivity index (χ3v) is 2.72. The van der Waals surface area contributed by atoms with E-state index < -0.39 is 9.96 Å². The highest BCUT2D eigenvalue weighted by Gasteiger charge is 2.43. The molecule has 0 aromatic heterocycles. The molecule has 0 N–H and O–H groups in total. The van der Waals surface area contributed by atoms with Gasteiger partial charge in [-0.1, -0.05) is 48.1 Å². The lowest BCUT2D eigenvalue weighted by atomic mass is 10.3. The third-order valence-electron chi connectivity index (χ3n) is 1.86. The molecule has 0 aromatic carbocycles. The zero-order valence-electron chi connectivity index (χ0n) is 7.63. The summed E-state index contributed by atoms with van der Waals surface area (Å²) in [5.74, 6) is 0. The Bertz CT molecular complexity index is 215. The number of hydrogen-bond donors (Lipinski definition) is 0. The van der Waals surface area contributed by atoms with Crippen LogP contribution in [0.25, 0.3) is 0 Å². The summed E-state index contributed by atoms with van der Waals surface area (Å²) in [5.41, 5.74) is 0. The van der Waals surface area contributed by atoms with E-state index in [4.69, 9.17) is 46.6 Å².